The van der Waals surface area contributed by atoms with Crippen molar-refractivity contribution in [3.05, 3.63) is 41.1 Å². The molecule has 5 N–H and O–H groups in total. The first-order valence-corrected chi connectivity index (χ1v) is 11.1. The minimum Gasteiger partial charge on any atom is -0.381 e. The molecule has 0 aromatic carbocycles. The molecule has 1 aromatic heterocycles. The number of hydrogen-bond donors (Lipinski definition) is 3. The van der Waals surface area contributed by atoms with E-state index in [1.807, 2.05) is 0 Å². The van der Waals surface area contributed by atoms with E-state index in [1.54, 1.807) is 11.8 Å². The summed E-state index contributed by atoms with van der Waals surface area (Å²) in [6, 6.07) is 2.59. The fraction of sp³-hybridized carbons (Fsp3) is 0.524. The zero-order chi connectivity index (χ0) is 23.6. The number of ether oxygens (including phenoxy) is 1. The molecule has 32 heavy (non-hydrogen) atoms. The molecule has 0 radical (unpaired) electrons. The number of halogens is 2. The van der Waals surface area contributed by atoms with Crippen LogP contribution in [0.25, 0.3) is 0 Å². The normalized spacial score (nSPS) is 16.9. The van der Waals surface area contributed by atoms with Crippen molar-refractivity contribution in [3.63, 3.8) is 0 Å². The van der Waals surface area contributed by atoms with Gasteiger partial charge in [0.05, 0.1) is 25.5 Å². The highest BCUT2D eigenvalue weighted by Crippen LogP contribution is 2.38. The molecule has 0 bridgehead atoms. The molecule has 0 amide bonds. The lowest BCUT2D eigenvalue weighted by molar-refractivity contribution is -0.185. The van der Waals surface area contributed by atoms with Gasteiger partial charge in [-0.15, -0.1) is 11.8 Å². The Morgan fingerprint density at radius 3 is 2.81 bits per heavy atom. The van der Waals surface area contributed by atoms with Gasteiger partial charge in [-0.1, -0.05) is 18.4 Å². The van der Waals surface area contributed by atoms with E-state index in [0.29, 0.717) is 11.3 Å². The zero-order valence-electron chi connectivity index (χ0n) is 18.1. The summed E-state index contributed by atoms with van der Waals surface area (Å²) < 4.78 is 34.8. The van der Waals surface area contributed by atoms with Crippen LogP contribution in [0.3, 0.4) is 0 Å². The van der Waals surface area contributed by atoms with Crippen LogP contribution in [0.4, 0.5) is 8.78 Å². The summed E-state index contributed by atoms with van der Waals surface area (Å²) in [6.07, 6.45) is 3.08. The molecule has 1 saturated heterocycles. The van der Waals surface area contributed by atoms with Gasteiger partial charge >= 0.3 is 5.92 Å². The van der Waals surface area contributed by atoms with Crippen LogP contribution < -0.4 is 11.7 Å². The molecule has 1 aliphatic rings. The fourth-order valence-electron chi connectivity index (χ4n) is 2.97. The summed E-state index contributed by atoms with van der Waals surface area (Å²) >= 11 is 1.57. The first kappa shape index (κ1) is 26.0. The lowest BCUT2D eigenvalue weighted by Gasteiger charge is -2.34. The first-order valence-electron chi connectivity index (χ1n) is 10.1. The number of alkyl halides is 2. The predicted octanol–water partition coefficient (Wildman–Crippen LogP) is 1.32. The van der Waals surface area contributed by atoms with Crippen LogP contribution in [0.1, 0.15) is 24.6 Å². The largest absolute Gasteiger partial charge is 0.381 e. The van der Waals surface area contributed by atoms with E-state index in [1.165, 1.54) is 12.3 Å². The topological polar surface area (TPSA) is 113 Å². The summed E-state index contributed by atoms with van der Waals surface area (Å²) in [6.45, 7) is 8.83. The third-order valence-electron chi connectivity index (χ3n) is 4.86. The van der Waals surface area contributed by atoms with Gasteiger partial charge in [0.25, 0.3) is 0 Å². The molecule has 8 nitrogen and oxygen atoms in total. The van der Waals surface area contributed by atoms with Crippen LogP contribution >= 0.6 is 11.8 Å². The fourth-order valence-corrected chi connectivity index (χ4v) is 3.55. The van der Waals surface area contributed by atoms with E-state index in [0.717, 1.165) is 68.5 Å². The van der Waals surface area contributed by atoms with Crippen LogP contribution in [0, 0.1) is 11.8 Å². The highest BCUT2D eigenvalue weighted by Gasteiger charge is 2.52. The number of nitrogens with two attached hydrogens (primary N) is 2. The molecule has 0 spiro atoms. The zero-order valence-corrected chi connectivity index (χ0v) is 19.0. The second-order valence-electron chi connectivity index (χ2n) is 7.55. The minimum atomic E-state index is -3.66. The average molecular weight is 469 g/mol. The third-order valence-corrected chi connectivity index (χ3v) is 5.76. The van der Waals surface area contributed by atoms with Crippen LogP contribution in [0.5, 0.6) is 0 Å². The second kappa shape index (κ2) is 12.1. The number of morpholine rings is 1. The minimum absolute atomic E-state index is 0.499. The van der Waals surface area contributed by atoms with Crippen LogP contribution in [0.15, 0.2) is 34.9 Å². The molecule has 1 fully saturated rings. The molecule has 11 heteroatoms. The Balaban J connectivity index is 1.85. The number of aliphatic hydroxyl groups is 1. The Bertz CT molecular complexity index is 833. The quantitative estimate of drug-likeness (QED) is 0.155. The van der Waals surface area contributed by atoms with Gasteiger partial charge in [0.15, 0.2) is 5.60 Å². The number of hydrogen-bond acceptors (Lipinski definition) is 8. The van der Waals surface area contributed by atoms with Gasteiger partial charge in [-0.25, -0.2) is 5.84 Å². The Hall–Kier alpha value is -2.23. The number of hydrazone groups is 1. The standard InChI is InChI=1S/C21H30F2N6O2S/c1-17(7-8-28-9-11-31-12-10-28)32-13-3-4-18-5-6-19(26-14-18)21(22,23)20(2,30)15-29(25)16-27-24/h5-6,14,16,30H,1,7-13,15,24-25H2,2H3/b27-16-. The van der Waals surface area contributed by atoms with Gasteiger partial charge in [0.2, 0.25) is 0 Å². The maximum Gasteiger partial charge on any atom is 0.319 e. The van der Waals surface area contributed by atoms with E-state index in [9.17, 15) is 13.9 Å². The number of nitrogens with zero attached hydrogens (tertiary/aromatic N) is 4. The van der Waals surface area contributed by atoms with E-state index < -0.39 is 23.8 Å². The van der Waals surface area contributed by atoms with Crippen molar-refractivity contribution in [2.24, 2.45) is 16.8 Å². The molecule has 0 aliphatic carbocycles. The number of thioether (sulfide) groups is 1. The second-order valence-corrected chi connectivity index (χ2v) is 8.71. The lowest BCUT2D eigenvalue weighted by Crippen LogP contribution is -2.53. The van der Waals surface area contributed by atoms with E-state index in [-0.39, 0.29) is 0 Å². The number of aromatic nitrogens is 1. The molecule has 1 aromatic rings. The number of hydrazine groups is 1. The maximum absolute atomic E-state index is 14.7. The van der Waals surface area contributed by atoms with E-state index >= 15 is 0 Å². The monoisotopic (exact) mass is 468 g/mol. The van der Waals surface area contributed by atoms with Crippen molar-refractivity contribution in [2.45, 2.75) is 24.9 Å². The molecule has 2 heterocycles. The van der Waals surface area contributed by atoms with Gasteiger partial charge in [0.1, 0.15) is 12.0 Å². The summed E-state index contributed by atoms with van der Waals surface area (Å²) in [7, 11) is 0. The molecule has 176 valence electrons. The van der Waals surface area contributed by atoms with Gasteiger partial charge in [-0.05, 0) is 30.4 Å². The first-order chi connectivity index (χ1) is 15.2. The van der Waals surface area contributed by atoms with Gasteiger partial charge < -0.3 is 15.7 Å². The lowest BCUT2D eigenvalue weighted by atomic mass is 9.94. The van der Waals surface area contributed by atoms with Crippen molar-refractivity contribution in [1.29, 1.82) is 0 Å². The highest BCUT2D eigenvalue weighted by atomic mass is 32.2. The summed E-state index contributed by atoms with van der Waals surface area (Å²) in [5, 5.41) is 14.2. The highest BCUT2D eigenvalue weighted by molar-refractivity contribution is 8.03. The number of rotatable bonds is 10. The van der Waals surface area contributed by atoms with E-state index in [4.69, 9.17) is 16.4 Å². The molecule has 1 aliphatic heterocycles. The molecule has 0 saturated carbocycles. The van der Waals surface area contributed by atoms with E-state index in [2.05, 4.69) is 33.4 Å². The van der Waals surface area contributed by atoms with Crippen molar-refractivity contribution < 1.29 is 18.6 Å². The SMILES string of the molecule is C=C(CCN1CCOCC1)SCC#Cc1ccc(C(F)(F)C(C)(O)CN(N)/C=N\N)nc1. The predicted molar refractivity (Wildman–Crippen MR) is 123 cm³/mol. The van der Waals surface area contributed by atoms with Crippen LogP contribution in [0.2, 0.25) is 0 Å². The van der Waals surface area contributed by atoms with Crippen molar-refractivity contribution in [3.8, 4) is 11.8 Å². The number of pyridine rings is 1. The van der Waals surface area contributed by atoms with Gasteiger partial charge in [-0.3, -0.25) is 14.9 Å². The summed E-state index contributed by atoms with van der Waals surface area (Å²) in [4.78, 5) is 7.19. The van der Waals surface area contributed by atoms with Gasteiger partial charge in [0, 0.05) is 31.4 Å². The van der Waals surface area contributed by atoms with Gasteiger partial charge in [-0.2, -0.15) is 13.9 Å². The van der Waals surface area contributed by atoms with Crippen molar-refractivity contribution >= 4 is 18.1 Å². The summed E-state index contributed by atoms with van der Waals surface area (Å²) in [5.74, 6) is 13.2. The maximum atomic E-state index is 14.7. The Labute approximate surface area is 191 Å². The Morgan fingerprint density at radius 2 is 2.19 bits per heavy atom. The Kier molecular flexibility index (Phi) is 9.86. The molecule has 1 atom stereocenters. The smallest absolute Gasteiger partial charge is 0.319 e. The van der Waals surface area contributed by atoms with Crippen LogP contribution in [-0.2, 0) is 10.7 Å². The molecular weight excluding hydrogens is 438 g/mol. The summed E-state index contributed by atoms with van der Waals surface area (Å²) in [5.41, 5.74) is -2.59. The molecular formula is C21H30F2N6O2S. The third kappa shape index (κ3) is 7.72. The molecule has 2 rings (SSSR count). The van der Waals surface area contributed by atoms with Crippen molar-refractivity contribution in [2.75, 3.05) is 45.1 Å². The Morgan fingerprint density at radius 1 is 1.47 bits per heavy atom. The van der Waals surface area contributed by atoms with Crippen LogP contribution in [-0.4, -0.2) is 77.1 Å². The molecule has 1 unspecified atom stereocenters. The average Bonchev–Trinajstić information content (AvgIpc) is 2.76. The van der Waals surface area contributed by atoms with Crippen molar-refractivity contribution in [1.82, 2.24) is 14.9 Å².